The predicted molar refractivity (Wildman–Crippen MR) is 85.6 cm³/mol. The molecule has 0 aliphatic carbocycles. The summed E-state index contributed by atoms with van der Waals surface area (Å²) in [6.45, 7) is 4.18. The van der Waals surface area contributed by atoms with Gasteiger partial charge < -0.3 is 10.2 Å². The molecule has 3 rings (SSSR count). The number of nitrogens with zero attached hydrogens (tertiary/aromatic N) is 2. The van der Waals surface area contributed by atoms with E-state index in [9.17, 15) is 0 Å². The first-order valence-corrected chi connectivity index (χ1v) is 8.13. The Balaban J connectivity index is 1.90. The Bertz CT molecular complexity index is 565. The van der Waals surface area contributed by atoms with Gasteiger partial charge in [-0.1, -0.05) is 0 Å². The largest absolute Gasteiger partial charge is 0.363 e. The van der Waals surface area contributed by atoms with Crippen LogP contribution in [0.5, 0.6) is 0 Å². The second-order valence-corrected chi connectivity index (χ2v) is 6.11. The normalized spacial score (nSPS) is 15.4. The van der Waals surface area contributed by atoms with Crippen LogP contribution in [-0.2, 0) is 6.42 Å². The second kappa shape index (κ2) is 5.94. The monoisotopic (exact) mass is 287 g/mol. The molecule has 3 nitrogen and oxygen atoms in total. The fourth-order valence-corrected chi connectivity index (χ4v) is 3.67. The summed E-state index contributed by atoms with van der Waals surface area (Å²) in [6, 6.07) is 7.08. The van der Waals surface area contributed by atoms with Gasteiger partial charge in [-0.3, -0.25) is 4.98 Å². The number of aromatic nitrogens is 1. The third-order valence-electron chi connectivity index (χ3n) is 3.96. The number of hydrogen-bond donors (Lipinski definition) is 1. The van der Waals surface area contributed by atoms with Crippen molar-refractivity contribution in [3.63, 3.8) is 0 Å². The van der Waals surface area contributed by atoms with Crippen LogP contribution in [0.1, 0.15) is 29.4 Å². The number of rotatable bonds is 5. The van der Waals surface area contributed by atoms with Gasteiger partial charge in [0, 0.05) is 18.7 Å². The van der Waals surface area contributed by atoms with Crippen LogP contribution >= 0.6 is 11.3 Å². The third-order valence-corrected chi connectivity index (χ3v) is 4.66. The molecule has 20 heavy (non-hydrogen) atoms. The van der Waals surface area contributed by atoms with Crippen LogP contribution in [0.4, 0.5) is 5.69 Å². The first-order valence-electron chi connectivity index (χ1n) is 7.19. The Kier molecular flexibility index (Phi) is 4.03. The van der Waals surface area contributed by atoms with Gasteiger partial charge in [-0.15, -0.1) is 0 Å². The lowest BCUT2D eigenvalue weighted by Gasteiger charge is -2.30. The van der Waals surface area contributed by atoms with E-state index < -0.39 is 0 Å². The molecule has 1 N–H and O–H groups in total. The van der Waals surface area contributed by atoms with Crippen molar-refractivity contribution in [2.75, 3.05) is 25.0 Å². The number of anilines is 1. The van der Waals surface area contributed by atoms with E-state index in [0.29, 0.717) is 6.04 Å². The van der Waals surface area contributed by atoms with Gasteiger partial charge >= 0.3 is 0 Å². The van der Waals surface area contributed by atoms with Crippen LogP contribution < -0.4 is 10.2 Å². The minimum Gasteiger partial charge on any atom is -0.363 e. The topological polar surface area (TPSA) is 28.2 Å². The molecule has 1 atom stereocenters. The highest BCUT2D eigenvalue weighted by molar-refractivity contribution is 7.08. The van der Waals surface area contributed by atoms with E-state index in [4.69, 9.17) is 4.98 Å². The molecule has 106 valence electrons. The average molecular weight is 287 g/mol. The molecule has 2 aromatic rings. The van der Waals surface area contributed by atoms with E-state index in [-0.39, 0.29) is 0 Å². The summed E-state index contributed by atoms with van der Waals surface area (Å²) in [6.07, 6.45) is 2.19. The third kappa shape index (κ3) is 2.58. The Morgan fingerprint density at radius 2 is 2.30 bits per heavy atom. The zero-order valence-electron chi connectivity index (χ0n) is 12.1. The van der Waals surface area contributed by atoms with Crippen molar-refractivity contribution in [3.05, 3.63) is 45.9 Å². The molecule has 3 heterocycles. The van der Waals surface area contributed by atoms with Gasteiger partial charge in [0.2, 0.25) is 0 Å². The van der Waals surface area contributed by atoms with Crippen molar-refractivity contribution < 1.29 is 0 Å². The number of hydrogen-bond acceptors (Lipinski definition) is 4. The SMILES string of the molecule is CNCC[C@H](c1ccsc1)N1CCc2nc(C)ccc21. The highest BCUT2D eigenvalue weighted by atomic mass is 32.1. The minimum absolute atomic E-state index is 0.458. The van der Waals surface area contributed by atoms with Gasteiger partial charge in [0.1, 0.15) is 0 Å². The molecule has 0 saturated carbocycles. The van der Waals surface area contributed by atoms with Gasteiger partial charge in [0.25, 0.3) is 0 Å². The summed E-state index contributed by atoms with van der Waals surface area (Å²) < 4.78 is 0. The van der Waals surface area contributed by atoms with Crippen LogP contribution in [0.25, 0.3) is 0 Å². The number of aryl methyl sites for hydroxylation is 1. The zero-order chi connectivity index (χ0) is 13.9. The van der Waals surface area contributed by atoms with Crippen molar-refractivity contribution >= 4 is 17.0 Å². The Hall–Kier alpha value is -1.39. The maximum atomic E-state index is 4.69. The Morgan fingerprint density at radius 1 is 1.40 bits per heavy atom. The standard InChI is InChI=1S/C16H21N3S/c1-12-3-4-16-14(18-12)6-9-19(16)15(5-8-17-2)13-7-10-20-11-13/h3-4,7,10-11,15,17H,5-6,8-9H2,1-2H3/t15-/m1/s1. The maximum Gasteiger partial charge on any atom is 0.0657 e. The van der Waals surface area contributed by atoms with E-state index in [0.717, 1.165) is 31.6 Å². The van der Waals surface area contributed by atoms with Crippen molar-refractivity contribution in [3.8, 4) is 0 Å². The second-order valence-electron chi connectivity index (χ2n) is 5.33. The molecule has 1 aliphatic rings. The van der Waals surface area contributed by atoms with E-state index in [1.807, 2.05) is 7.05 Å². The summed E-state index contributed by atoms with van der Waals surface area (Å²) in [7, 11) is 2.02. The highest BCUT2D eigenvalue weighted by Gasteiger charge is 2.27. The summed E-state index contributed by atoms with van der Waals surface area (Å²) in [5, 5.41) is 7.73. The van der Waals surface area contributed by atoms with E-state index in [1.54, 1.807) is 11.3 Å². The summed E-state index contributed by atoms with van der Waals surface area (Å²) in [5.74, 6) is 0. The number of pyridine rings is 1. The van der Waals surface area contributed by atoms with Gasteiger partial charge in [-0.05, 0) is 61.5 Å². The van der Waals surface area contributed by atoms with Gasteiger partial charge in [0.05, 0.1) is 17.4 Å². The molecular weight excluding hydrogens is 266 g/mol. The van der Waals surface area contributed by atoms with Gasteiger partial charge in [-0.25, -0.2) is 0 Å². The molecule has 2 aromatic heterocycles. The lowest BCUT2D eigenvalue weighted by atomic mass is 10.1. The van der Waals surface area contributed by atoms with E-state index >= 15 is 0 Å². The van der Waals surface area contributed by atoms with Gasteiger partial charge in [-0.2, -0.15) is 11.3 Å². The Labute approximate surface area is 124 Å². The quantitative estimate of drug-likeness (QED) is 0.915. The summed E-state index contributed by atoms with van der Waals surface area (Å²) in [5.41, 5.74) is 5.13. The fraction of sp³-hybridized carbons (Fsp3) is 0.438. The fourth-order valence-electron chi connectivity index (χ4n) is 2.97. The van der Waals surface area contributed by atoms with Crippen LogP contribution in [0, 0.1) is 6.92 Å². The van der Waals surface area contributed by atoms with E-state index in [1.165, 1.54) is 16.9 Å². The molecule has 1 aliphatic heterocycles. The highest BCUT2D eigenvalue weighted by Crippen LogP contribution is 2.36. The molecule has 0 saturated heterocycles. The molecule has 0 unspecified atom stereocenters. The Morgan fingerprint density at radius 3 is 3.05 bits per heavy atom. The maximum absolute atomic E-state index is 4.69. The molecule has 0 amide bonds. The molecule has 0 aromatic carbocycles. The molecule has 4 heteroatoms. The number of fused-ring (bicyclic) bond motifs is 1. The van der Waals surface area contributed by atoms with Crippen molar-refractivity contribution in [2.24, 2.45) is 0 Å². The number of thiophene rings is 1. The van der Waals surface area contributed by atoms with Crippen LogP contribution in [-0.4, -0.2) is 25.1 Å². The van der Waals surface area contributed by atoms with Gasteiger partial charge in [0.15, 0.2) is 0 Å². The van der Waals surface area contributed by atoms with Crippen molar-refractivity contribution in [1.82, 2.24) is 10.3 Å². The van der Waals surface area contributed by atoms with E-state index in [2.05, 4.69) is 46.1 Å². The zero-order valence-corrected chi connectivity index (χ0v) is 12.9. The molecule has 0 spiro atoms. The van der Waals surface area contributed by atoms with Crippen LogP contribution in [0.15, 0.2) is 29.0 Å². The smallest absolute Gasteiger partial charge is 0.0657 e. The lowest BCUT2D eigenvalue weighted by molar-refractivity contribution is 0.570. The average Bonchev–Trinajstić information content (AvgIpc) is 3.09. The minimum atomic E-state index is 0.458. The number of nitrogens with one attached hydrogen (secondary N) is 1. The first-order chi connectivity index (χ1) is 9.79. The first kappa shape index (κ1) is 13.6. The molecule has 0 fully saturated rings. The summed E-state index contributed by atoms with van der Waals surface area (Å²) in [4.78, 5) is 7.22. The van der Waals surface area contributed by atoms with Crippen LogP contribution in [0.2, 0.25) is 0 Å². The molecular formula is C16H21N3S. The molecule has 0 bridgehead atoms. The lowest BCUT2D eigenvalue weighted by Crippen LogP contribution is -2.29. The van der Waals surface area contributed by atoms with Crippen LogP contribution in [0.3, 0.4) is 0 Å². The predicted octanol–water partition coefficient (Wildman–Crippen LogP) is 3.16. The van der Waals surface area contributed by atoms with Crippen molar-refractivity contribution in [1.29, 1.82) is 0 Å². The molecule has 0 radical (unpaired) electrons. The van der Waals surface area contributed by atoms with Crippen molar-refractivity contribution in [2.45, 2.75) is 25.8 Å². The summed E-state index contributed by atoms with van der Waals surface area (Å²) >= 11 is 1.78.